The molecular formula is C19H12ClFN4O2. The van der Waals surface area contributed by atoms with Gasteiger partial charge in [0, 0.05) is 17.4 Å². The summed E-state index contributed by atoms with van der Waals surface area (Å²) in [6.07, 6.45) is -0.0501. The van der Waals surface area contributed by atoms with Crippen LogP contribution >= 0.6 is 11.6 Å². The Kier molecular flexibility index (Phi) is 3.35. The largest absolute Gasteiger partial charge is 0.311 e. The smallest absolute Gasteiger partial charge is 0.258 e. The van der Waals surface area contributed by atoms with Crippen molar-refractivity contribution in [2.75, 3.05) is 5.32 Å². The predicted molar refractivity (Wildman–Crippen MR) is 99.8 cm³/mol. The molecule has 8 heteroatoms. The molecular weight excluding hydrogens is 371 g/mol. The number of anilines is 1. The number of nitrogens with one attached hydrogen (secondary N) is 2. The number of aromatic nitrogens is 3. The number of carbonyl (C=O) groups is 1. The highest BCUT2D eigenvalue weighted by Crippen LogP contribution is 2.37. The Balaban J connectivity index is 1.88. The van der Waals surface area contributed by atoms with Gasteiger partial charge in [0.25, 0.3) is 5.56 Å². The van der Waals surface area contributed by atoms with Crippen molar-refractivity contribution in [3.63, 3.8) is 0 Å². The summed E-state index contributed by atoms with van der Waals surface area (Å²) in [5, 5.41) is 3.10. The molecule has 0 aliphatic carbocycles. The third kappa shape index (κ3) is 2.35. The fourth-order valence-electron chi connectivity index (χ4n) is 3.70. The van der Waals surface area contributed by atoms with Gasteiger partial charge in [0.15, 0.2) is 0 Å². The summed E-state index contributed by atoms with van der Waals surface area (Å²) in [7, 11) is 0. The van der Waals surface area contributed by atoms with Crippen LogP contribution in [0.25, 0.3) is 16.8 Å². The van der Waals surface area contributed by atoms with Gasteiger partial charge in [-0.1, -0.05) is 23.7 Å². The van der Waals surface area contributed by atoms with Crippen LogP contribution in [0.15, 0.2) is 47.3 Å². The minimum atomic E-state index is -0.748. The topological polar surface area (TPSA) is 79.3 Å². The minimum absolute atomic E-state index is 0.0501. The Bertz CT molecular complexity index is 1310. The van der Waals surface area contributed by atoms with E-state index in [1.165, 1.54) is 18.2 Å². The fraction of sp³-hybridized carbons (Fsp3) is 0.105. The highest BCUT2D eigenvalue weighted by Gasteiger charge is 2.33. The standard InChI is InChI=1S/C19H12ClFN4O2/c20-9-5-6-12(21)10(7-9)11-8-15(26)23-17-16(11)18(27)24-19-22-13-3-1-2-4-14(13)25(17)19/h1-7,11H,8H2,(H,23,26)(H,22,24,27). The molecule has 3 heterocycles. The Morgan fingerprint density at radius 3 is 2.85 bits per heavy atom. The number of halogens is 2. The molecule has 2 aromatic heterocycles. The summed E-state index contributed by atoms with van der Waals surface area (Å²) >= 11 is 6.03. The number of imidazole rings is 1. The zero-order valence-corrected chi connectivity index (χ0v) is 14.5. The number of amides is 1. The van der Waals surface area contributed by atoms with Gasteiger partial charge in [0.05, 0.1) is 16.6 Å². The van der Waals surface area contributed by atoms with E-state index in [2.05, 4.69) is 15.3 Å². The van der Waals surface area contributed by atoms with Gasteiger partial charge in [-0.15, -0.1) is 0 Å². The average Bonchev–Trinajstić information content (AvgIpc) is 3.01. The number of fused-ring (bicyclic) bond motifs is 5. The van der Waals surface area contributed by atoms with Crippen LogP contribution in [0.4, 0.5) is 10.2 Å². The van der Waals surface area contributed by atoms with Crippen LogP contribution in [0.5, 0.6) is 0 Å². The second kappa shape index (κ2) is 5.65. The van der Waals surface area contributed by atoms with E-state index in [9.17, 15) is 14.0 Å². The van der Waals surface area contributed by atoms with E-state index < -0.39 is 17.3 Å². The lowest BCUT2D eigenvalue weighted by Gasteiger charge is -2.26. The van der Waals surface area contributed by atoms with E-state index in [0.29, 0.717) is 22.1 Å². The third-order valence-electron chi connectivity index (χ3n) is 4.84. The van der Waals surface area contributed by atoms with Gasteiger partial charge in [-0.3, -0.25) is 19.0 Å². The van der Waals surface area contributed by atoms with Crippen LogP contribution in [-0.4, -0.2) is 20.3 Å². The Morgan fingerprint density at radius 2 is 2.00 bits per heavy atom. The summed E-state index contributed by atoms with van der Waals surface area (Å²) < 4.78 is 16.2. The molecule has 5 rings (SSSR count). The first-order valence-electron chi connectivity index (χ1n) is 8.31. The first kappa shape index (κ1) is 16.0. The molecule has 0 saturated heterocycles. The second-order valence-corrected chi connectivity index (χ2v) is 6.88. The molecule has 0 spiro atoms. The van der Waals surface area contributed by atoms with Gasteiger partial charge in [-0.05, 0) is 35.9 Å². The van der Waals surface area contributed by atoms with E-state index in [1.807, 2.05) is 24.3 Å². The maximum absolute atomic E-state index is 14.5. The molecule has 1 atom stereocenters. The third-order valence-corrected chi connectivity index (χ3v) is 5.07. The molecule has 1 aliphatic rings. The van der Waals surface area contributed by atoms with E-state index in [-0.39, 0.29) is 23.5 Å². The SMILES string of the molecule is O=C1CC(c2cc(Cl)ccc2F)c2c(n3c(nc4ccccc43)[nH]c2=O)N1. The van der Waals surface area contributed by atoms with Crippen molar-refractivity contribution < 1.29 is 9.18 Å². The van der Waals surface area contributed by atoms with Crippen molar-refractivity contribution >= 4 is 40.1 Å². The molecule has 0 bridgehead atoms. The highest BCUT2D eigenvalue weighted by atomic mass is 35.5. The summed E-state index contributed by atoms with van der Waals surface area (Å²) in [5.41, 5.74) is 1.48. The molecule has 134 valence electrons. The number of benzene rings is 2. The predicted octanol–water partition coefficient (Wildman–Crippen LogP) is 3.44. The van der Waals surface area contributed by atoms with Gasteiger partial charge >= 0.3 is 0 Å². The number of hydrogen-bond donors (Lipinski definition) is 2. The minimum Gasteiger partial charge on any atom is -0.311 e. The number of rotatable bonds is 1. The number of para-hydroxylation sites is 2. The summed E-state index contributed by atoms with van der Waals surface area (Å²) in [6.45, 7) is 0. The van der Waals surface area contributed by atoms with Crippen molar-refractivity contribution in [3.05, 3.63) is 74.8 Å². The maximum atomic E-state index is 14.5. The Morgan fingerprint density at radius 1 is 1.19 bits per heavy atom. The van der Waals surface area contributed by atoms with Crippen molar-refractivity contribution in [2.24, 2.45) is 0 Å². The van der Waals surface area contributed by atoms with E-state index >= 15 is 0 Å². The van der Waals surface area contributed by atoms with Gasteiger partial charge in [-0.25, -0.2) is 9.37 Å². The molecule has 1 aliphatic heterocycles. The van der Waals surface area contributed by atoms with Gasteiger partial charge in [0.2, 0.25) is 11.7 Å². The van der Waals surface area contributed by atoms with Crippen molar-refractivity contribution in [1.82, 2.24) is 14.4 Å². The molecule has 6 nitrogen and oxygen atoms in total. The molecule has 0 fully saturated rings. The number of hydrogen-bond acceptors (Lipinski definition) is 3. The van der Waals surface area contributed by atoms with Crippen LogP contribution in [-0.2, 0) is 4.79 Å². The average molecular weight is 383 g/mol. The van der Waals surface area contributed by atoms with E-state index in [1.54, 1.807) is 4.40 Å². The second-order valence-electron chi connectivity index (χ2n) is 6.45. The number of H-pyrrole nitrogens is 1. The monoisotopic (exact) mass is 382 g/mol. The summed E-state index contributed by atoms with van der Waals surface area (Å²) in [5.74, 6) is -0.950. The van der Waals surface area contributed by atoms with Gasteiger partial charge in [-0.2, -0.15) is 0 Å². The highest BCUT2D eigenvalue weighted by molar-refractivity contribution is 6.30. The molecule has 1 amide bonds. The molecule has 2 aromatic carbocycles. The number of nitrogens with zero attached hydrogens (tertiary/aromatic N) is 2. The lowest BCUT2D eigenvalue weighted by atomic mass is 9.86. The zero-order chi connectivity index (χ0) is 18.7. The van der Waals surface area contributed by atoms with Gasteiger partial charge < -0.3 is 5.32 Å². The lowest BCUT2D eigenvalue weighted by Crippen LogP contribution is -2.32. The molecule has 0 radical (unpaired) electrons. The van der Waals surface area contributed by atoms with E-state index in [0.717, 1.165) is 5.52 Å². The van der Waals surface area contributed by atoms with Crippen molar-refractivity contribution in [1.29, 1.82) is 0 Å². The quantitative estimate of drug-likeness (QED) is 0.529. The first-order chi connectivity index (χ1) is 13.0. The van der Waals surface area contributed by atoms with Gasteiger partial charge in [0.1, 0.15) is 11.6 Å². The zero-order valence-electron chi connectivity index (χ0n) is 13.8. The first-order valence-corrected chi connectivity index (χ1v) is 8.69. The van der Waals surface area contributed by atoms with Crippen LogP contribution in [0, 0.1) is 5.82 Å². The summed E-state index contributed by atoms with van der Waals surface area (Å²) in [6, 6.07) is 11.5. The van der Waals surface area contributed by atoms with Crippen molar-refractivity contribution in [3.8, 4) is 0 Å². The maximum Gasteiger partial charge on any atom is 0.258 e. The molecule has 0 saturated carbocycles. The van der Waals surface area contributed by atoms with Crippen LogP contribution in [0.3, 0.4) is 0 Å². The van der Waals surface area contributed by atoms with Crippen LogP contribution in [0.1, 0.15) is 23.5 Å². The molecule has 27 heavy (non-hydrogen) atoms. The fourth-order valence-corrected chi connectivity index (χ4v) is 3.88. The van der Waals surface area contributed by atoms with Crippen molar-refractivity contribution in [2.45, 2.75) is 12.3 Å². The van der Waals surface area contributed by atoms with Crippen LogP contribution < -0.4 is 10.9 Å². The van der Waals surface area contributed by atoms with E-state index in [4.69, 9.17) is 11.6 Å². The van der Waals surface area contributed by atoms with Crippen LogP contribution in [0.2, 0.25) is 5.02 Å². The molecule has 1 unspecified atom stereocenters. The number of aromatic amines is 1. The molecule has 4 aromatic rings. The summed E-state index contributed by atoms with van der Waals surface area (Å²) in [4.78, 5) is 32.4. The Labute approximate surface area is 156 Å². The Hall–Kier alpha value is -3.19. The lowest BCUT2D eigenvalue weighted by molar-refractivity contribution is -0.116. The molecule has 2 N–H and O–H groups in total. The normalized spacial score (nSPS) is 16.5. The number of carbonyl (C=O) groups excluding carboxylic acids is 1.